The number of hydrogen-bond acceptors (Lipinski definition) is 1. The van der Waals surface area contributed by atoms with E-state index in [-0.39, 0.29) is 5.91 Å². The van der Waals surface area contributed by atoms with Crippen molar-refractivity contribution in [1.82, 2.24) is 4.90 Å². The number of halogens is 2. The van der Waals surface area contributed by atoms with Crippen molar-refractivity contribution < 1.29 is 4.79 Å². The third-order valence-corrected chi connectivity index (χ3v) is 3.19. The van der Waals surface area contributed by atoms with Crippen molar-refractivity contribution in [2.45, 2.75) is 20.3 Å². The number of hydrogen-bond donors (Lipinski definition) is 0. The molecular formula is C12H15Br2NO. The second kappa shape index (κ2) is 6.40. The first-order valence-corrected chi connectivity index (χ1v) is 6.92. The van der Waals surface area contributed by atoms with E-state index in [2.05, 4.69) is 38.8 Å². The molecule has 0 fully saturated rings. The van der Waals surface area contributed by atoms with Crippen LogP contribution in [0.4, 0.5) is 0 Å². The van der Waals surface area contributed by atoms with Gasteiger partial charge in [0, 0.05) is 27.6 Å². The highest BCUT2D eigenvalue weighted by molar-refractivity contribution is 9.11. The Kier molecular flexibility index (Phi) is 5.49. The molecule has 1 aromatic rings. The van der Waals surface area contributed by atoms with Crippen LogP contribution >= 0.6 is 31.9 Å². The molecule has 0 saturated carbocycles. The summed E-state index contributed by atoms with van der Waals surface area (Å²) in [6.07, 6.45) is 0.981. The Balaban J connectivity index is 2.94. The summed E-state index contributed by atoms with van der Waals surface area (Å²) in [5.74, 6) is 0.0892. The Labute approximate surface area is 113 Å². The van der Waals surface area contributed by atoms with E-state index in [0.717, 1.165) is 34.0 Å². The minimum absolute atomic E-state index is 0.0892. The van der Waals surface area contributed by atoms with E-state index in [1.807, 2.05) is 30.0 Å². The van der Waals surface area contributed by atoms with E-state index in [0.29, 0.717) is 0 Å². The van der Waals surface area contributed by atoms with Gasteiger partial charge in [0.15, 0.2) is 0 Å². The number of rotatable bonds is 4. The second-order valence-corrected chi connectivity index (χ2v) is 5.37. The number of carbonyl (C=O) groups is 1. The van der Waals surface area contributed by atoms with E-state index in [1.165, 1.54) is 0 Å². The Hall–Kier alpha value is -0.350. The van der Waals surface area contributed by atoms with Crippen molar-refractivity contribution in [3.05, 3.63) is 32.7 Å². The van der Waals surface area contributed by atoms with E-state index in [1.54, 1.807) is 0 Å². The molecule has 0 saturated heterocycles. The van der Waals surface area contributed by atoms with Crippen LogP contribution in [0, 0.1) is 0 Å². The SMILES string of the molecule is CCCN(CC)C(=O)c1cc(Br)cc(Br)c1. The van der Waals surface area contributed by atoms with Gasteiger partial charge in [0.2, 0.25) is 0 Å². The molecule has 0 atom stereocenters. The molecule has 1 rings (SSSR count). The number of benzene rings is 1. The van der Waals surface area contributed by atoms with Gasteiger partial charge in [-0.1, -0.05) is 38.8 Å². The van der Waals surface area contributed by atoms with Gasteiger partial charge in [0.05, 0.1) is 0 Å². The van der Waals surface area contributed by atoms with Crippen LogP contribution in [0.3, 0.4) is 0 Å². The third kappa shape index (κ3) is 3.59. The summed E-state index contributed by atoms with van der Waals surface area (Å²) in [5.41, 5.74) is 0.719. The summed E-state index contributed by atoms with van der Waals surface area (Å²) < 4.78 is 1.83. The Bertz CT molecular complexity index is 359. The van der Waals surface area contributed by atoms with Gasteiger partial charge >= 0.3 is 0 Å². The van der Waals surface area contributed by atoms with Gasteiger partial charge in [0.1, 0.15) is 0 Å². The maximum Gasteiger partial charge on any atom is 0.253 e. The second-order valence-electron chi connectivity index (χ2n) is 3.54. The Morgan fingerprint density at radius 2 is 1.75 bits per heavy atom. The van der Waals surface area contributed by atoms with Crippen molar-refractivity contribution in [2.75, 3.05) is 13.1 Å². The molecule has 0 aliphatic carbocycles. The first kappa shape index (κ1) is 13.7. The monoisotopic (exact) mass is 347 g/mol. The van der Waals surface area contributed by atoms with Crippen LogP contribution < -0.4 is 0 Å². The highest BCUT2D eigenvalue weighted by atomic mass is 79.9. The zero-order chi connectivity index (χ0) is 12.1. The molecule has 88 valence electrons. The van der Waals surface area contributed by atoms with Gasteiger partial charge in [0.25, 0.3) is 5.91 Å². The van der Waals surface area contributed by atoms with Gasteiger partial charge in [-0.3, -0.25) is 4.79 Å². The van der Waals surface area contributed by atoms with Crippen LogP contribution in [0.1, 0.15) is 30.6 Å². The summed E-state index contributed by atoms with van der Waals surface area (Å²) in [6, 6.07) is 5.63. The maximum atomic E-state index is 12.2. The quantitative estimate of drug-likeness (QED) is 0.802. The molecule has 0 bridgehead atoms. The lowest BCUT2D eigenvalue weighted by Crippen LogP contribution is -2.31. The lowest BCUT2D eigenvalue weighted by molar-refractivity contribution is 0.0764. The molecule has 0 aliphatic rings. The van der Waals surface area contributed by atoms with Gasteiger partial charge in [-0.2, -0.15) is 0 Å². The summed E-state index contributed by atoms with van der Waals surface area (Å²) in [5, 5.41) is 0. The molecular weight excluding hydrogens is 334 g/mol. The normalized spacial score (nSPS) is 10.2. The van der Waals surface area contributed by atoms with E-state index in [9.17, 15) is 4.79 Å². The molecule has 1 aromatic carbocycles. The molecule has 0 N–H and O–H groups in total. The van der Waals surface area contributed by atoms with Crippen LogP contribution in [0.25, 0.3) is 0 Å². The van der Waals surface area contributed by atoms with E-state index < -0.39 is 0 Å². The van der Waals surface area contributed by atoms with Crippen molar-refractivity contribution in [2.24, 2.45) is 0 Å². The number of nitrogens with zero attached hydrogens (tertiary/aromatic N) is 1. The fourth-order valence-corrected chi connectivity index (χ4v) is 2.83. The smallest absolute Gasteiger partial charge is 0.253 e. The van der Waals surface area contributed by atoms with Gasteiger partial charge < -0.3 is 4.90 Å². The fraction of sp³-hybridized carbons (Fsp3) is 0.417. The molecule has 0 spiro atoms. The highest BCUT2D eigenvalue weighted by Crippen LogP contribution is 2.21. The van der Waals surface area contributed by atoms with E-state index in [4.69, 9.17) is 0 Å². The fourth-order valence-electron chi connectivity index (χ4n) is 1.53. The van der Waals surface area contributed by atoms with Gasteiger partial charge in [-0.15, -0.1) is 0 Å². The van der Waals surface area contributed by atoms with Crippen molar-refractivity contribution in [3.63, 3.8) is 0 Å². The minimum Gasteiger partial charge on any atom is -0.339 e. The van der Waals surface area contributed by atoms with Crippen molar-refractivity contribution >= 4 is 37.8 Å². The average molecular weight is 349 g/mol. The Morgan fingerprint density at radius 3 is 2.19 bits per heavy atom. The average Bonchev–Trinajstić information content (AvgIpc) is 2.23. The van der Waals surface area contributed by atoms with Crippen LogP contribution in [0.2, 0.25) is 0 Å². The number of carbonyl (C=O) groups excluding carboxylic acids is 1. The molecule has 4 heteroatoms. The zero-order valence-electron chi connectivity index (χ0n) is 9.46. The zero-order valence-corrected chi connectivity index (χ0v) is 12.6. The number of amides is 1. The summed E-state index contributed by atoms with van der Waals surface area (Å²) in [4.78, 5) is 14.0. The molecule has 1 amide bonds. The minimum atomic E-state index is 0.0892. The predicted octanol–water partition coefficient (Wildman–Crippen LogP) is 4.08. The van der Waals surface area contributed by atoms with Gasteiger partial charge in [-0.05, 0) is 31.5 Å². The lowest BCUT2D eigenvalue weighted by Gasteiger charge is -2.20. The molecule has 16 heavy (non-hydrogen) atoms. The topological polar surface area (TPSA) is 20.3 Å². The Morgan fingerprint density at radius 1 is 1.19 bits per heavy atom. The summed E-state index contributed by atoms with van der Waals surface area (Å²) in [6.45, 7) is 5.63. The van der Waals surface area contributed by atoms with Crippen LogP contribution in [0.5, 0.6) is 0 Å². The highest BCUT2D eigenvalue weighted by Gasteiger charge is 2.13. The molecule has 0 radical (unpaired) electrons. The molecule has 0 aliphatic heterocycles. The van der Waals surface area contributed by atoms with Crippen LogP contribution in [0.15, 0.2) is 27.1 Å². The predicted molar refractivity (Wildman–Crippen MR) is 73.7 cm³/mol. The third-order valence-electron chi connectivity index (χ3n) is 2.27. The molecule has 0 heterocycles. The maximum absolute atomic E-state index is 12.2. The summed E-state index contributed by atoms with van der Waals surface area (Å²) >= 11 is 6.78. The first-order chi connectivity index (χ1) is 7.58. The van der Waals surface area contributed by atoms with Crippen LogP contribution in [-0.2, 0) is 0 Å². The lowest BCUT2D eigenvalue weighted by atomic mass is 10.2. The molecule has 0 unspecified atom stereocenters. The van der Waals surface area contributed by atoms with Crippen molar-refractivity contribution in [3.8, 4) is 0 Å². The first-order valence-electron chi connectivity index (χ1n) is 5.33. The van der Waals surface area contributed by atoms with E-state index >= 15 is 0 Å². The van der Waals surface area contributed by atoms with Crippen molar-refractivity contribution in [1.29, 1.82) is 0 Å². The largest absolute Gasteiger partial charge is 0.339 e. The van der Waals surface area contributed by atoms with Crippen LogP contribution in [-0.4, -0.2) is 23.9 Å². The van der Waals surface area contributed by atoms with Gasteiger partial charge in [-0.25, -0.2) is 0 Å². The standard InChI is InChI=1S/C12H15Br2NO/c1-3-5-15(4-2)12(16)9-6-10(13)8-11(14)7-9/h6-8H,3-5H2,1-2H3. The molecule has 0 aromatic heterocycles. The molecule has 2 nitrogen and oxygen atoms in total. The summed E-state index contributed by atoms with van der Waals surface area (Å²) in [7, 11) is 0.